The molecule has 0 saturated heterocycles. The third kappa shape index (κ3) is 3.01. The maximum absolute atomic E-state index is 10.1. The minimum Gasteiger partial charge on any atom is -0.385 e. The first-order chi connectivity index (χ1) is 12.1. The van der Waals surface area contributed by atoms with Gasteiger partial charge in [0, 0.05) is 5.02 Å². The molecule has 0 bridgehead atoms. The fourth-order valence-electron chi connectivity index (χ4n) is 2.83. The summed E-state index contributed by atoms with van der Waals surface area (Å²) in [5, 5.41) is 19.2. The summed E-state index contributed by atoms with van der Waals surface area (Å²) in [7, 11) is 0. The third-order valence-electron chi connectivity index (χ3n) is 4.01. The Morgan fingerprint density at radius 2 is 1.88 bits per heavy atom. The Kier molecular flexibility index (Phi) is 3.99. The molecule has 0 aliphatic rings. The molecule has 1 atom stereocenters. The minimum absolute atomic E-state index is 0.480. The normalized spacial score (nSPS) is 12.6. The summed E-state index contributed by atoms with van der Waals surface area (Å²) in [6.45, 7) is 2.19. The number of hydrogen-bond acceptors (Lipinski definition) is 4. The molecule has 0 amide bonds. The largest absolute Gasteiger partial charge is 0.385 e. The van der Waals surface area contributed by atoms with E-state index in [-0.39, 0.29) is 0 Å². The second-order valence-corrected chi connectivity index (χ2v) is 6.29. The predicted octanol–water partition coefficient (Wildman–Crippen LogP) is 3.37. The van der Waals surface area contributed by atoms with Gasteiger partial charge in [-0.25, -0.2) is 9.67 Å². The van der Waals surface area contributed by atoms with Crippen molar-refractivity contribution in [2.75, 3.05) is 0 Å². The van der Waals surface area contributed by atoms with Crippen LogP contribution in [0.25, 0.3) is 16.7 Å². The van der Waals surface area contributed by atoms with Crippen molar-refractivity contribution >= 4 is 22.6 Å². The van der Waals surface area contributed by atoms with Gasteiger partial charge in [0.25, 0.3) is 0 Å². The van der Waals surface area contributed by atoms with Crippen molar-refractivity contribution in [1.82, 2.24) is 24.5 Å². The lowest BCUT2D eigenvalue weighted by atomic mass is 10.3. The van der Waals surface area contributed by atoms with Gasteiger partial charge in [-0.1, -0.05) is 28.9 Å². The summed E-state index contributed by atoms with van der Waals surface area (Å²) in [4.78, 5) is 4.53. The highest BCUT2D eigenvalue weighted by atomic mass is 35.5. The Morgan fingerprint density at radius 1 is 1.12 bits per heavy atom. The molecule has 0 radical (unpaired) electrons. The van der Waals surface area contributed by atoms with Crippen LogP contribution in [0.3, 0.4) is 0 Å². The van der Waals surface area contributed by atoms with Crippen LogP contribution in [0.2, 0.25) is 5.02 Å². The van der Waals surface area contributed by atoms with E-state index in [1.54, 1.807) is 11.6 Å². The summed E-state index contributed by atoms with van der Waals surface area (Å²) in [5.41, 5.74) is 3.47. The van der Waals surface area contributed by atoms with Crippen LogP contribution in [0.4, 0.5) is 0 Å². The maximum atomic E-state index is 10.1. The molecule has 0 fully saturated rings. The van der Waals surface area contributed by atoms with Crippen molar-refractivity contribution in [3.05, 3.63) is 71.3 Å². The minimum atomic E-state index is -0.668. The second-order valence-electron chi connectivity index (χ2n) is 5.85. The molecule has 2 aromatic heterocycles. The van der Waals surface area contributed by atoms with Crippen LogP contribution in [0.5, 0.6) is 0 Å². The maximum Gasteiger partial charge on any atom is 0.138 e. The van der Waals surface area contributed by atoms with E-state index in [1.807, 2.05) is 59.3 Å². The fraction of sp³-hybridized carbons (Fsp3) is 0.167. The van der Waals surface area contributed by atoms with Gasteiger partial charge < -0.3 is 9.67 Å². The molecule has 4 rings (SSSR count). The standard InChI is InChI=1S/C18H16ClN5O/c1-12(25)18-20-16-4-2-3-5-17(16)23(18)10-14-11-24(22-21-14)15-8-6-13(19)7-9-15/h2-9,11-12,25H,10H2,1H3/t12-/m0/s1. The van der Waals surface area contributed by atoms with E-state index in [0.717, 1.165) is 22.4 Å². The number of nitrogens with zero attached hydrogens (tertiary/aromatic N) is 5. The molecule has 0 unspecified atom stereocenters. The van der Waals surface area contributed by atoms with Crippen molar-refractivity contribution in [1.29, 1.82) is 0 Å². The van der Waals surface area contributed by atoms with Gasteiger partial charge in [0.05, 0.1) is 29.5 Å². The van der Waals surface area contributed by atoms with Crippen LogP contribution in [-0.4, -0.2) is 29.7 Å². The molecule has 0 aliphatic heterocycles. The second kappa shape index (κ2) is 6.31. The van der Waals surface area contributed by atoms with Crippen LogP contribution in [0.15, 0.2) is 54.7 Å². The van der Waals surface area contributed by atoms with Crippen molar-refractivity contribution < 1.29 is 5.11 Å². The Bertz CT molecular complexity index is 1020. The zero-order valence-electron chi connectivity index (χ0n) is 13.5. The van der Waals surface area contributed by atoms with Gasteiger partial charge in [0.2, 0.25) is 0 Å². The van der Waals surface area contributed by atoms with E-state index in [4.69, 9.17) is 11.6 Å². The van der Waals surface area contributed by atoms with E-state index in [9.17, 15) is 5.11 Å². The molecule has 0 saturated carbocycles. The molecular weight excluding hydrogens is 338 g/mol. The van der Waals surface area contributed by atoms with Gasteiger partial charge in [0.1, 0.15) is 17.6 Å². The Morgan fingerprint density at radius 3 is 2.64 bits per heavy atom. The quantitative estimate of drug-likeness (QED) is 0.610. The molecule has 126 valence electrons. The van der Waals surface area contributed by atoms with Gasteiger partial charge in [-0.2, -0.15) is 0 Å². The monoisotopic (exact) mass is 353 g/mol. The van der Waals surface area contributed by atoms with E-state index >= 15 is 0 Å². The zero-order valence-corrected chi connectivity index (χ0v) is 14.3. The molecule has 25 heavy (non-hydrogen) atoms. The molecular formula is C18H16ClN5O. The Hall–Kier alpha value is -2.70. The van der Waals surface area contributed by atoms with Crippen molar-refractivity contribution in [3.8, 4) is 5.69 Å². The number of para-hydroxylation sites is 2. The topological polar surface area (TPSA) is 68.8 Å². The number of benzene rings is 2. The van der Waals surface area contributed by atoms with Gasteiger partial charge in [-0.05, 0) is 43.3 Å². The average molecular weight is 354 g/mol. The first kappa shape index (κ1) is 15.8. The van der Waals surface area contributed by atoms with Crippen LogP contribution in [0, 0.1) is 0 Å². The van der Waals surface area contributed by atoms with Crippen molar-refractivity contribution in [3.63, 3.8) is 0 Å². The Balaban J connectivity index is 1.70. The van der Waals surface area contributed by atoms with Crippen LogP contribution in [-0.2, 0) is 6.54 Å². The van der Waals surface area contributed by atoms with Crippen LogP contribution in [0.1, 0.15) is 24.5 Å². The number of halogens is 1. The lowest BCUT2D eigenvalue weighted by Gasteiger charge is -2.09. The van der Waals surface area contributed by atoms with E-state index in [1.165, 1.54) is 0 Å². The van der Waals surface area contributed by atoms with Gasteiger partial charge in [-0.3, -0.25) is 0 Å². The predicted molar refractivity (Wildman–Crippen MR) is 95.8 cm³/mol. The van der Waals surface area contributed by atoms with E-state index in [2.05, 4.69) is 15.3 Å². The molecule has 2 heterocycles. The number of aliphatic hydroxyl groups excluding tert-OH is 1. The summed E-state index contributed by atoms with van der Waals surface area (Å²) in [5.74, 6) is 0.613. The van der Waals surface area contributed by atoms with Gasteiger partial charge >= 0.3 is 0 Å². The van der Waals surface area contributed by atoms with E-state index in [0.29, 0.717) is 17.4 Å². The highest BCUT2D eigenvalue weighted by Gasteiger charge is 2.16. The van der Waals surface area contributed by atoms with Crippen LogP contribution < -0.4 is 0 Å². The first-order valence-corrected chi connectivity index (χ1v) is 8.30. The summed E-state index contributed by atoms with van der Waals surface area (Å²) >= 11 is 5.92. The van der Waals surface area contributed by atoms with Crippen LogP contribution >= 0.6 is 11.6 Å². The SMILES string of the molecule is C[C@H](O)c1nc2ccccc2n1Cc1cn(-c2ccc(Cl)cc2)nn1. The highest BCUT2D eigenvalue weighted by molar-refractivity contribution is 6.30. The number of aliphatic hydroxyl groups is 1. The summed E-state index contributed by atoms with van der Waals surface area (Å²) in [6.07, 6.45) is 1.20. The first-order valence-electron chi connectivity index (χ1n) is 7.92. The van der Waals surface area contributed by atoms with Gasteiger partial charge in [-0.15, -0.1) is 5.10 Å². The molecule has 0 spiro atoms. The Labute approximate surface area is 149 Å². The summed E-state index contributed by atoms with van der Waals surface area (Å²) in [6, 6.07) is 15.2. The molecule has 0 aliphatic carbocycles. The fourth-order valence-corrected chi connectivity index (χ4v) is 2.96. The lowest BCUT2D eigenvalue weighted by molar-refractivity contribution is 0.185. The van der Waals surface area contributed by atoms with E-state index < -0.39 is 6.10 Å². The smallest absolute Gasteiger partial charge is 0.138 e. The summed E-state index contributed by atoms with van der Waals surface area (Å²) < 4.78 is 3.67. The van der Waals surface area contributed by atoms with Crippen molar-refractivity contribution in [2.24, 2.45) is 0 Å². The molecule has 4 aromatic rings. The molecule has 6 nitrogen and oxygen atoms in total. The van der Waals surface area contributed by atoms with Crippen molar-refractivity contribution in [2.45, 2.75) is 19.6 Å². The third-order valence-corrected chi connectivity index (χ3v) is 4.26. The number of aromatic nitrogens is 5. The number of rotatable bonds is 4. The number of fused-ring (bicyclic) bond motifs is 1. The molecule has 1 N–H and O–H groups in total. The highest BCUT2D eigenvalue weighted by Crippen LogP contribution is 2.22. The number of imidazole rings is 1. The molecule has 2 aromatic carbocycles. The number of hydrogen-bond donors (Lipinski definition) is 1. The zero-order chi connectivity index (χ0) is 17.4. The molecule has 7 heteroatoms. The van der Waals surface area contributed by atoms with Gasteiger partial charge in [0.15, 0.2) is 0 Å². The average Bonchev–Trinajstić information content (AvgIpc) is 3.21. The lowest BCUT2D eigenvalue weighted by Crippen LogP contribution is -2.08.